The lowest BCUT2D eigenvalue weighted by Gasteiger charge is -2.10. The predicted octanol–water partition coefficient (Wildman–Crippen LogP) is 1.88. The van der Waals surface area contributed by atoms with Crippen LogP contribution in [0, 0.1) is 11.8 Å². The zero-order valence-electron chi connectivity index (χ0n) is 12.7. The number of ether oxygens (including phenoxy) is 1. The van der Waals surface area contributed by atoms with E-state index in [0.717, 1.165) is 6.42 Å². The second-order valence-electron chi connectivity index (χ2n) is 4.51. The van der Waals surface area contributed by atoms with E-state index in [0.29, 0.717) is 28.7 Å². The molecule has 0 aromatic heterocycles. The highest BCUT2D eigenvalue weighted by atomic mass is 32.2. The number of carbonyl (C=O) groups is 1. The van der Waals surface area contributed by atoms with Crippen LogP contribution >= 0.6 is 11.8 Å². The molecule has 1 unspecified atom stereocenters. The first-order chi connectivity index (χ1) is 10.1. The van der Waals surface area contributed by atoms with E-state index in [9.17, 15) is 4.79 Å². The van der Waals surface area contributed by atoms with Crippen molar-refractivity contribution in [2.45, 2.75) is 18.6 Å². The fourth-order valence-corrected chi connectivity index (χ4v) is 2.06. The van der Waals surface area contributed by atoms with Crippen molar-refractivity contribution in [1.82, 2.24) is 5.32 Å². The van der Waals surface area contributed by atoms with Crippen molar-refractivity contribution in [3.63, 3.8) is 0 Å². The molecule has 3 N–H and O–H groups in total. The van der Waals surface area contributed by atoms with Crippen molar-refractivity contribution < 1.29 is 9.53 Å². The topological polar surface area (TPSA) is 64.3 Å². The summed E-state index contributed by atoms with van der Waals surface area (Å²) < 4.78 is 5.23. The highest BCUT2D eigenvalue weighted by Gasteiger charge is 2.09. The molecule has 0 saturated carbocycles. The van der Waals surface area contributed by atoms with Crippen LogP contribution in [0.4, 0.5) is 0 Å². The first-order valence-corrected chi connectivity index (χ1v) is 8.09. The summed E-state index contributed by atoms with van der Waals surface area (Å²) in [6, 6.07) is 5.22. The zero-order chi connectivity index (χ0) is 15.7. The average Bonchev–Trinajstić information content (AvgIpc) is 2.52. The number of nitrogens with two attached hydrogens (primary N) is 1. The minimum Gasteiger partial charge on any atom is -0.495 e. The molecule has 0 aliphatic heterocycles. The molecular weight excluding hydrogens is 284 g/mol. The lowest BCUT2D eigenvalue weighted by molar-refractivity contribution is 0.0953. The van der Waals surface area contributed by atoms with Gasteiger partial charge in [-0.25, -0.2) is 0 Å². The number of amides is 1. The van der Waals surface area contributed by atoms with Crippen LogP contribution in [0.1, 0.15) is 29.3 Å². The Labute approximate surface area is 130 Å². The quantitative estimate of drug-likeness (QED) is 0.788. The van der Waals surface area contributed by atoms with E-state index in [4.69, 9.17) is 10.5 Å². The SMILES string of the molecule is COc1ccc(C(=O)NCCC(C)SC)cc1C#CCN. The lowest BCUT2D eigenvalue weighted by Crippen LogP contribution is -2.26. The molecule has 0 fully saturated rings. The molecule has 0 bridgehead atoms. The van der Waals surface area contributed by atoms with Gasteiger partial charge < -0.3 is 15.8 Å². The number of benzene rings is 1. The molecule has 21 heavy (non-hydrogen) atoms. The minimum absolute atomic E-state index is 0.0956. The van der Waals surface area contributed by atoms with Gasteiger partial charge in [-0.3, -0.25) is 4.79 Å². The second kappa shape index (κ2) is 9.32. The van der Waals surface area contributed by atoms with Crippen LogP contribution in [0.5, 0.6) is 5.75 Å². The van der Waals surface area contributed by atoms with Gasteiger partial charge in [0.2, 0.25) is 0 Å². The normalized spacial score (nSPS) is 11.2. The van der Waals surface area contributed by atoms with Gasteiger partial charge in [0.05, 0.1) is 19.2 Å². The number of hydrogen-bond donors (Lipinski definition) is 2. The highest BCUT2D eigenvalue weighted by molar-refractivity contribution is 7.99. The fraction of sp³-hybridized carbons (Fsp3) is 0.438. The molecule has 1 aromatic carbocycles. The van der Waals surface area contributed by atoms with E-state index in [1.54, 1.807) is 37.1 Å². The molecule has 0 radical (unpaired) electrons. The fourth-order valence-electron chi connectivity index (χ4n) is 1.70. The van der Waals surface area contributed by atoms with Crippen LogP contribution in [-0.4, -0.2) is 37.6 Å². The molecule has 4 nitrogen and oxygen atoms in total. The maximum absolute atomic E-state index is 12.1. The van der Waals surface area contributed by atoms with Gasteiger partial charge in [0.25, 0.3) is 5.91 Å². The number of carbonyl (C=O) groups excluding carboxylic acids is 1. The standard InChI is InChI=1S/C16H22N2O2S/c1-12(21-3)8-10-18-16(19)14-6-7-15(20-2)13(11-14)5-4-9-17/h6-7,11-12H,8-10,17H2,1-3H3,(H,18,19). The third kappa shape index (κ3) is 5.70. The van der Waals surface area contributed by atoms with Crippen LogP contribution < -0.4 is 15.8 Å². The second-order valence-corrected chi connectivity index (χ2v) is 5.79. The van der Waals surface area contributed by atoms with Crippen molar-refractivity contribution in [2.24, 2.45) is 5.73 Å². The van der Waals surface area contributed by atoms with E-state index < -0.39 is 0 Å². The Morgan fingerprint density at radius 1 is 1.52 bits per heavy atom. The number of methoxy groups -OCH3 is 1. The third-order valence-corrected chi connectivity index (χ3v) is 4.07. The molecule has 0 spiro atoms. The van der Waals surface area contributed by atoms with Gasteiger partial charge in [0, 0.05) is 17.4 Å². The summed E-state index contributed by atoms with van der Waals surface area (Å²) in [5.41, 5.74) is 6.63. The van der Waals surface area contributed by atoms with Gasteiger partial charge in [-0.2, -0.15) is 11.8 Å². The number of hydrogen-bond acceptors (Lipinski definition) is 4. The predicted molar refractivity (Wildman–Crippen MR) is 88.9 cm³/mol. The molecule has 1 rings (SSSR count). The summed E-state index contributed by atoms with van der Waals surface area (Å²) in [5, 5.41) is 3.45. The Morgan fingerprint density at radius 2 is 2.29 bits per heavy atom. The van der Waals surface area contributed by atoms with Crippen LogP contribution in [-0.2, 0) is 0 Å². The molecule has 0 heterocycles. The molecule has 1 aromatic rings. The Balaban J connectivity index is 2.76. The summed E-state index contributed by atoms with van der Waals surface area (Å²) in [6.45, 7) is 3.08. The Morgan fingerprint density at radius 3 is 2.90 bits per heavy atom. The van der Waals surface area contributed by atoms with Gasteiger partial charge in [-0.15, -0.1) is 0 Å². The molecule has 0 aliphatic carbocycles. The largest absolute Gasteiger partial charge is 0.495 e. The smallest absolute Gasteiger partial charge is 0.251 e. The van der Waals surface area contributed by atoms with Gasteiger partial charge in [0.15, 0.2) is 0 Å². The molecule has 5 heteroatoms. The van der Waals surface area contributed by atoms with Gasteiger partial charge in [0.1, 0.15) is 5.75 Å². The summed E-state index contributed by atoms with van der Waals surface area (Å²) in [7, 11) is 1.58. The summed E-state index contributed by atoms with van der Waals surface area (Å²) in [4.78, 5) is 12.1. The van der Waals surface area contributed by atoms with Crippen molar-refractivity contribution in [1.29, 1.82) is 0 Å². The molecule has 114 valence electrons. The van der Waals surface area contributed by atoms with Gasteiger partial charge in [-0.1, -0.05) is 18.8 Å². The summed E-state index contributed by atoms with van der Waals surface area (Å²) in [6.07, 6.45) is 3.02. The maximum Gasteiger partial charge on any atom is 0.251 e. The summed E-state index contributed by atoms with van der Waals surface area (Å²) >= 11 is 1.79. The van der Waals surface area contributed by atoms with Crippen LogP contribution in [0.25, 0.3) is 0 Å². The van der Waals surface area contributed by atoms with Gasteiger partial charge >= 0.3 is 0 Å². The van der Waals surface area contributed by atoms with E-state index in [2.05, 4.69) is 30.3 Å². The maximum atomic E-state index is 12.1. The third-order valence-electron chi connectivity index (χ3n) is 3.03. The van der Waals surface area contributed by atoms with E-state index in [1.165, 1.54) is 0 Å². The van der Waals surface area contributed by atoms with Crippen LogP contribution in [0.3, 0.4) is 0 Å². The van der Waals surface area contributed by atoms with Crippen molar-refractivity contribution in [2.75, 3.05) is 26.5 Å². The summed E-state index contributed by atoms with van der Waals surface area (Å²) in [5.74, 6) is 6.24. The van der Waals surface area contributed by atoms with Crippen molar-refractivity contribution in [3.8, 4) is 17.6 Å². The van der Waals surface area contributed by atoms with E-state index >= 15 is 0 Å². The Hall–Kier alpha value is -1.64. The first kappa shape index (κ1) is 17.4. The molecule has 0 saturated heterocycles. The first-order valence-electron chi connectivity index (χ1n) is 6.80. The number of nitrogens with one attached hydrogen (secondary N) is 1. The zero-order valence-corrected chi connectivity index (χ0v) is 13.5. The number of thioether (sulfide) groups is 1. The van der Waals surface area contributed by atoms with E-state index in [-0.39, 0.29) is 12.5 Å². The van der Waals surface area contributed by atoms with Crippen LogP contribution in [0.15, 0.2) is 18.2 Å². The lowest BCUT2D eigenvalue weighted by atomic mass is 10.1. The highest BCUT2D eigenvalue weighted by Crippen LogP contribution is 2.19. The van der Waals surface area contributed by atoms with Crippen molar-refractivity contribution in [3.05, 3.63) is 29.3 Å². The minimum atomic E-state index is -0.0956. The molecule has 1 atom stereocenters. The van der Waals surface area contributed by atoms with Crippen LogP contribution in [0.2, 0.25) is 0 Å². The van der Waals surface area contributed by atoms with Gasteiger partial charge in [-0.05, 0) is 30.9 Å². The molecule has 0 aliphatic rings. The van der Waals surface area contributed by atoms with E-state index in [1.807, 2.05) is 0 Å². The monoisotopic (exact) mass is 306 g/mol. The Kier molecular flexibility index (Phi) is 7.73. The van der Waals surface area contributed by atoms with Crippen molar-refractivity contribution >= 4 is 17.7 Å². The number of rotatable bonds is 6. The molecular formula is C16H22N2O2S. The Bertz CT molecular complexity index is 535. The molecule has 1 amide bonds. The average molecular weight is 306 g/mol.